The van der Waals surface area contributed by atoms with E-state index >= 15 is 0 Å². The van der Waals surface area contributed by atoms with E-state index in [1.165, 1.54) is 12.1 Å². The van der Waals surface area contributed by atoms with Gasteiger partial charge in [-0.25, -0.2) is 0 Å². The van der Waals surface area contributed by atoms with Gasteiger partial charge < -0.3 is 5.73 Å². The van der Waals surface area contributed by atoms with E-state index in [0.717, 1.165) is 23.3 Å². The Balaban J connectivity index is 2.31. The second-order valence-electron chi connectivity index (χ2n) is 4.45. The molecule has 0 saturated carbocycles. The zero-order valence-corrected chi connectivity index (χ0v) is 10.4. The Morgan fingerprint density at radius 1 is 0.947 bits per heavy atom. The Labute approximate surface area is 109 Å². The maximum Gasteiger partial charge on any atom is 0.416 e. The summed E-state index contributed by atoms with van der Waals surface area (Å²) in [5, 5.41) is 0. The maximum absolute atomic E-state index is 12.5. The molecule has 2 aromatic carbocycles. The van der Waals surface area contributed by atoms with Gasteiger partial charge in [0, 0.05) is 0 Å². The average Bonchev–Trinajstić information content (AvgIpc) is 2.38. The quantitative estimate of drug-likeness (QED) is 0.870. The van der Waals surface area contributed by atoms with Crippen molar-refractivity contribution in [3.05, 3.63) is 70.8 Å². The fourth-order valence-corrected chi connectivity index (χ4v) is 1.99. The van der Waals surface area contributed by atoms with Crippen molar-refractivity contribution in [3.63, 3.8) is 0 Å². The van der Waals surface area contributed by atoms with E-state index in [9.17, 15) is 13.2 Å². The van der Waals surface area contributed by atoms with Crippen molar-refractivity contribution in [2.75, 3.05) is 0 Å². The lowest BCUT2D eigenvalue weighted by atomic mass is 9.95. The minimum Gasteiger partial charge on any atom is -0.320 e. The zero-order chi connectivity index (χ0) is 14.0. The second-order valence-corrected chi connectivity index (χ2v) is 4.45. The van der Waals surface area contributed by atoms with E-state index in [1.54, 1.807) is 0 Å². The summed E-state index contributed by atoms with van der Waals surface area (Å²) in [7, 11) is 0. The summed E-state index contributed by atoms with van der Waals surface area (Å²) < 4.78 is 37.4. The summed E-state index contributed by atoms with van der Waals surface area (Å²) in [6, 6.07) is 12.2. The lowest BCUT2D eigenvalue weighted by Crippen LogP contribution is -2.13. The van der Waals surface area contributed by atoms with E-state index < -0.39 is 17.8 Å². The molecule has 100 valence electrons. The van der Waals surface area contributed by atoms with Crippen LogP contribution in [0.1, 0.15) is 28.3 Å². The largest absolute Gasteiger partial charge is 0.416 e. The van der Waals surface area contributed by atoms with Crippen LogP contribution in [0.25, 0.3) is 0 Å². The number of hydrogen-bond acceptors (Lipinski definition) is 1. The summed E-state index contributed by atoms with van der Waals surface area (Å²) >= 11 is 0. The molecule has 0 aromatic heterocycles. The molecule has 0 saturated heterocycles. The standard InChI is InChI=1S/C15H14F3N/c1-10-4-2-3-5-13(10)14(19)11-6-8-12(9-7-11)15(16,17)18/h2-9,14H,19H2,1H3. The lowest BCUT2D eigenvalue weighted by Gasteiger charge is -2.16. The van der Waals surface area contributed by atoms with E-state index in [0.29, 0.717) is 5.56 Å². The van der Waals surface area contributed by atoms with E-state index in [2.05, 4.69) is 0 Å². The van der Waals surface area contributed by atoms with Gasteiger partial charge in [-0.2, -0.15) is 13.2 Å². The van der Waals surface area contributed by atoms with Crippen molar-refractivity contribution in [2.45, 2.75) is 19.1 Å². The molecule has 0 bridgehead atoms. The summed E-state index contributed by atoms with van der Waals surface area (Å²) in [6.07, 6.45) is -4.31. The first-order valence-electron chi connectivity index (χ1n) is 5.88. The molecule has 0 heterocycles. The van der Waals surface area contributed by atoms with Crippen LogP contribution in [0.3, 0.4) is 0 Å². The van der Waals surface area contributed by atoms with Gasteiger partial charge in [-0.05, 0) is 35.7 Å². The number of rotatable bonds is 2. The summed E-state index contributed by atoms with van der Waals surface area (Å²) in [5.41, 5.74) is 8.05. The van der Waals surface area contributed by atoms with Crippen LogP contribution in [0, 0.1) is 6.92 Å². The van der Waals surface area contributed by atoms with Gasteiger partial charge in [-0.3, -0.25) is 0 Å². The van der Waals surface area contributed by atoms with Crippen LogP contribution in [0.15, 0.2) is 48.5 Å². The molecular weight excluding hydrogens is 251 g/mol. The van der Waals surface area contributed by atoms with Gasteiger partial charge in [-0.15, -0.1) is 0 Å². The van der Waals surface area contributed by atoms with Crippen LogP contribution < -0.4 is 5.73 Å². The molecule has 0 aliphatic carbocycles. The molecule has 4 heteroatoms. The van der Waals surface area contributed by atoms with Gasteiger partial charge >= 0.3 is 6.18 Å². The Morgan fingerprint density at radius 2 is 1.53 bits per heavy atom. The Hall–Kier alpha value is -1.81. The topological polar surface area (TPSA) is 26.0 Å². The lowest BCUT2D eigenvalue weighted by molar-refractivity contribution is -0.137. The van der Waals surface area contributed by atoms with Crippen LogP contribution in [-0.2, 0) is 6.18 Å². The van der Waals surface area contributed by atoms with Crippen LogP contribution in [0.2, 0.25) is 0 Å². The molecule has 0 aliphatic heterocycles. The highest BCUT2D eigenvalue weighted by Crippen LogP contribution is 2.30. The smallest absolute Gasteiger partial charge is 0.320 e. The predicted molar refractivity (Wildman–Crippen MR) is 68.7 cm³/mol. The third-order valence-electron chi connectivity index (χ3n) is 3.12. The highest BCUT2D eigenvalue weighted by molar-refractivity contribution is 5.37. The van der Waals surface area contributed by atoms with Gasteiger partial charge in [0.15, 0.2) is 0 Å². The molecule has 0 aliphatic rings. The zero-order valence-electron chi connectivity index (χ0n) is 10.4. The molecule has 2 N–H and O–H groups in total. The summed E-state index contributed by atoms with van der Waals surface area (Å²) in [4.78, 5) is 0. The minimum absolute atomic E-state index is 0.413. The van der Waals surface area contributed by atoms with Crippen molar-refractivity contribution in [1.29, 1.82) is 0 Å². The van der Waals surface area contributed by atoms with Gasteiger partial charge in [-0.1, -0.05) is 36.4 Å². The molecule has 2 rings (SSSR count). The Morgan fingerprint density at radius 3 is 2.05 bits per heavy atom. The van der Waals surface area contributed by atoms with Crippen molar-refractivity contribution in [2.24, 2.45) is 5.73 Å². The van der Waals surface area contributed by atoms with Crippen molar-refractivity contribution in [1.82, 2.24) is 0 Å². The average molecular weight is 265 g/mol. The molecule has 0 amide bonds. The molecule has 0 spiro atoms. The fraction of sp³-hybridized carbons (Fsp3) is 0.200. The molecule has 0 radical (unpaired) electrons. The third-order valence-corrected chi connectivity index (χ3v) is 3.12. The maximum atomic E-state index is 12.5. The van der Waals surface area contributed by atoms with Crippen LogP contribution in [-0.4, -0.2) is 0 Å². The Bertz CT molecular complexity index is 558. The monoisotopic (exact) mass is 265 g/mol. The predicted octanol–water partition coefficient (Wildman–Crippen LogP) is 4.06. The molecule has 1 nitrogen and oxygen atoms in total. The minimum atomic E-state index is -4.31. The van der Waals surface area contributed by atoms with Gasteiger partial charge in [0.1, 0.15) is 0 Å². The molecule has 2 aromatic rings. The molecule has 1 atom stereocenters. The number of hydrogen-bond donors (Lipinski definition) is 1. The van der Waals surface area contributed by atoms with Gasteiger partial charge in [0.2, 0.25) is 0 Å². The highest BCUT2D eigenvalue weighted by Gasteiger charge is 2.30. The van der Waals surface area contributed by atoms with Crippen LogP contribution in [0.4, 0.5) is 13.2 Å². The molecule has 0 fully saturated rings. The third kappa shape index (κ3) is 2.96. The van der Waals surface area contributed by atoms with E-state index in [1.807, 2.05) is 31.2 Å². The second kappa shape index (κ2) is 5.05. The van der Waals surface area contributed by atoms with Gasteiger partial charge in [0.05, 0.1) is 11.6 Å². The fourth-order valence-electron chi connectivity index (χ4n) is 1.99. The van der Waals surface area contributed by atoms with E-state index in [4.69, 9.17) is 5.73 Å². The molecule has 19 heavy (non-hydrogen) atoms. The first-order valence-corrected chi connectivity index (χ1v) is 5.88. The summed E-state index contributed by atoms with van der Waals surface area (Å²) in [5.74, 6) is 0. The molecule has 1 unspecified atom stereocenters. The SMILES string of the molecule is Cc1ccccc1C(N)c1ccc(C(F)(F)F)cc1. The van der Waals surface area contributed by atoms with Gasteiger partial charge in [0.25, 0.3) is 0 Å². The molecular formula is C15H14F3N. The summed E-state index contributed by atoms with van der Waals surface area (Å²) in [6.45, 7) is 1.93. The number of alkyl halides is 3. The van der Waals surface area contributed by atoms with E-state index in [-0.39, 0.29) is 0 Å². The van der Waals surface area contributed by atoms with Crippen LogP contribution in [0.5, 0.6) is 0 Å². The highest BCUT2D eigenvalue weighted by atomic mass is 19.4. The van der Waals surface area contributed by atoms with Crippen molar-refractivity contribution in [3.8, 4) is 0 Å². The number of benzene rings is 2. The number of aryl methyl sites for hydroxylation is 1. The Kier molecular flexibility index (Phi) is 3.62. The first kappa shape index (κ1) is 13.6. The van der Waals surface area contributed by atoms with Crippen molar-refractivity contribution < 1.29 is 13.2 Å². The normalized spacial score (nSPS) is 13.3. The number of halogens is 3. The number of nitrogens with two attached hydrogens (primary N) is 1. The van der Waals surface area contributed by atoms with Crippen LogP contribution >= 0.6 is 0 Å². The first-order chi connectivity index (χ1) is 8.89. The van der Waals surface area contributed by atoms with Crippen molar-refractivity contribution >= 4 is 0 Å².